The fourth-order valence-electron chi connectivity index (χ4n) is 1.63. The highest BCUT2D eigenvalue weighted by Crippen LogP contribution is 2.24. The molecule has 0 unspecified atom stereocenters. The lowest BCUT2D eigenvalue weighted by Gasteiger charge is -2.26. The zero-order chi connectivity index (χ0) is 16.4. The van der Waals surface area contributed by atoms with Crippen LogP contribution < -0.4 is 0 Å². The van der Waals surface area contributed by atoms with Crippen molar-refractivity contribution in [3.63, 3.8) is 0 Å². The Kier molecular flexibility index (Phi) is 5.00. The van der Waals surface area contributed by atoms with Crippen LogP contribution >= 0.6 is 0 Å². The number of aromatic carboxylic acids is 1. The fraction of sp³-hybridized carbons (Fsp3) is 0.417. The van der Waals surface area contributed by atoms with Crippen molar-refractivity contribution >= 4 is 16.0 Å². The van der Waals surface area contributed by atoms with E-state index in [1.54, 1.807) is 0 Å². The van der Waals surface area contributed by atoms with E-state index >= 15 is 0 Å². The van der Waals surface area contributed by atoms with Gasteiger partial charge in [-0.1, -0.05) is 0 Å². The number of carboxylic acids is 1. The van der Waals surface area contributed by atoms with E-state index in [4.69, 9.17) is 5.11 Å². The monoisotopic (exact) mass is 325 g/mol. The van der Waals surface area contributed by atoms with Crippen LogP contribution in [0.4, 0.5) is 13.2 Å². The van der Waals surface area contributed by atoms with Gasteiger partial charge in [0.15, 0.2) is 0 Å². The van der Waals surface area contributed by atoms with Gasteiger partial charge in [-0.3, -0.25) is 0 Å². The van der Waals surface area contributed by atoms with E-state index in [1.165, 1.54) is 13.8 Å². The molecule has 21 heavy (non-hydrogen) atoms. The number of carbonyl (C=O) groups is 1. The highest BCUT2D eigenvalue weighted by molar-refractivity contribution is 7.89. The molecule has 0 bridgehead atoms. The molecule has 1 aromatic carbocycles. The van der Waals surface area contributed by atoms with E-state index in [2.05, 4.69) is 0 Å². The second kappa shape index (κ2) is 6.02. The van der Waals surface area contributed by atoms with Crippen LogP contribution in [-0.4, -0.2) is 42.6 Å². The lowest BCUT2D eigenvalue weighted by atomic mass is 10.2. The molecule has 0 amide bonds. The predicted octanol–water partition coefficient (Wildman–Crippen LogP) is 2.35. The molecule has 0 aromatic heterocycles. The second-order valence-electron chi connectivity index (χ2n) is 4.59. The normalized spacial score (nSPS) is 12.9. The first-order valence-electron chi connectivity index (χ1n) is 5.87. The first-order valence-corrected chi connectivity index (χ1v) is 7.31. The van der Waals surface area contributed by atoms with Crippen LogP contribution in [0.3, 0.4) is 0 Å². The number of alkyl halides is 3. The van der Waals surface area contributed by atoms with Gasteiger partial charge in [-0.05, 0) is 38.1 Å². The third-order valence-corrected chi connectivity index (χ3v) is 4.66. The average Bonchev–Trinajstić information content (AvgIpc) is 2.34. The zero-order valence-corrected chi connectivity index (χ0v) is 12.1. The van der Waals surface area contributed by atoms with Gasteiger partial charge < -0.3 is 5.11 Å². The zero-order valence-electron chi connectivity index (χ0n) is 11.3. The van der Waals surface area contributed by atoms with Gasteiger partial charge in [-0.15, -0.1) is 0 Å². The highest BCUT2D eigenvalue weighted by atomic mass is 32.2. The predicted molar refractivity (Wildman–Crippen MR) is 68.5 cm³/mol. The van der Waals surface area contributed by atoms with Crippen molar-refractivity contribution < 1.29 is 31.5 Å². The fourth-order valence-corrected chi connectivity index (χ4v) is 3.25. The molecule has 0 aliphatic carbocycles. The Hall–Kier alpha value is -1.61. The maximum Gasteiger partial charge on any atom is 0.402 e. The number of benzene rings is 1. The maximum atomic E-state index is 12.5. The first kappa shape index (κ1) is 17.4. The van der Waals surface area contributed by atoms with E-state index in [9.17, 15) is 26.4 Å². The number of sulfonamides is 1. The van der Waals surface area contributed by atoms with Gasteiger partial charge in [0, 0.05) is 6.04 Å². The number of halogens is 3. The SMILES string of the molecule is CC(C)N(CC(F)(F)F)S(=O)(=O)c1ccc(C(=O)O)cc1. The summed E-state index contributed by atoms with van der Waals surface area (Å²) in [6, 6.07) is 3.12. The quantitative estimate of drug-likeness (QED) is 0.902. The summed E-state index contributed by atoms with van der Waals surface area (Å²) >= 11 is 0. The summed E-state index contributed by atoms with van der Waals surface area (Å²) in [5.41, 5.74) is -0.152. The summed E-state index contributed by atoms with van der Waals surface area (Å²) in [5.74, 6) is -1.25. The summed E-state index contributed by atoms with van der Waals surface area (Å²) in [4.78, 5) is 10.3. The van der Waals surface area contributed by atoms with Crippen LogP contribution in [0.2, 0.25) is 0 Å². The van der Waals surface area contributed by atoms with Crippen LogP contribution in [0.25, 0.3) is 0 Å². The van der Waals surface area contributed by atoms with Crippen LogP contribution in [-0.2, 0) is 10.0 Å². The third kappa shape index (κ3) is 4.43. The Morgan fingerprint density at radius 3 is 2.05 bits per heavy atom. The van der Waals surface area contributed by atoms with E-state index in [0.29, 0.717) is 4.31 Å². The third-order valence-electron chi connectivity index (χ3n) is 2.62. The van der Waals surface area contributed by atoms with Crippen molar-refractivity contribution in [3.8, 4) is 0 Å². The molecule has 0 spiro atoms. The van der Waals surface area contributed by atoms with E-state index < -0.39 is 34.8 Å². The topological polar surface area (TPSA) is 74.7 Å². The molecule has 0 fully saturated rings. The van der Waals surface area contributed by atoms with Crippen LogP contribution in [0.15, 0.2) is 29.2 Å². The summed E-state index contributed by atoms with van der Waals surface area (Å²) in [7, 11) is -4.36. The van der Waals surface area contributed by atoms with Crippen LogP contribution in [0.1, 0.15) is 24.2 Å². The Balaban J connectivity index is 3.20. The van der Waals surface area contributed by atoms with E-state index in [-0.39, 0.29) is 10.5 Å². The Bertz CT molecular complexity index is 608. The molecule has 0 aliphatic heterocycles. The molecule has 9 heteroatoms. The molecule has 1 N–H and O–H groups in total. The summed E-state index contributed by atoms with van der Waals surface area (Å²) in [6.07, 6.45) is -4.67. The Morgan fingerprint density at radius 2 is 1.71 bits per heavy atom. The number of carboxylic acid groups (broad SMARTS) is 1. The molecule has 0 heterocycles. The number of nitrogens with zero attached hydrogens (tertiary/aromatic N) is 1. The molecule has 0 radical (unpaired) electrons. The molecule has 118 valence electrons. The molecule has 0 saturated heterocycles. The van der Waals surface area contributed by atoms with Gasteiger partial charge in [-0.2, -0.15) is 17.5 Å². The van der Waals surface area contributed by atoms with Crippen molar-refractivity contribution in [1.82, 2.24) is 4.31 Å². The Morgan fingerprint density at radius 1 is 1.24 bits per heavy atom. The van der Waals surface area contributed by atoms with Gasteiger partial charge >= 0.3 is 12.1 Å². The number of hydrogen-bond acceptors (Lipinski definition) is 3. The lowest BCUT2D eigenvalue weighted by molar-refractivity contribution is -0.138. The van der Waals surface area contributed by atoms with Gasteiger partial charge in [0.2, 0.25) is 10.0 Å². The molecule has 5 nitrogen and oxygen atoms in total. The highest BCUT2D eigenvalue weighted by Gasteiger charge is 2.38. The second-order valence-corrected chi connectivity index (χ2v) is 6.48. The van der Waals surface area contributed by atoms with Crippen molar-refractivity contribution in [1.29, 1.82) is 0 Å². The van der Waals surface area contributed by atoms with Crippen molar-refractivity contribution in [2.24, 2.45) is 0 Å². The van der Waals surface area contributed by atoms with Crippen molar-refractivity contribution in [2.75, 3.05) is 6.54 Å². The summed E-state index contributed by atoms with van der Waals surface area (Å²) < 4.78 is 62.2. The first-order chi connectivity index (χ1) is 9.45. The average molecular weight is 325 g/mol. The molecule has 0 atom stereocenters. The number of hydrogen-bond donors (Lipinski definition) is 1. The van der Waals surface area contributed by atoms with E-state index in [1.807, 2.05) is 0 Å². The van der Waals surface area contributed by atoms with Crippen molar-refractivity contribution in [2.45, 2.75) is 31.0 Å². The van der Waals surface area contributed by atoms with Gasteiger partial charge in [0.05, 0.1) is 10.5 Å². The molecule has 1 aromatic rings. The van der Waals surface area contributed by atoms with Gasteiger partial charge in [0.1, 0.15) is 6.54 Å². The van der Waals surface area contributed by atoms with Gasteiger partial charge in [0.25, 0.3) is 0 Å². The standard InChI is InChI=1S/C12H14F3NO4S/c1-8(2)16(7-12(13,14)15)21(19,20)10-5-3-9(4-6-10)11(17)18/h3-6,8H,7H2,1-2H3,(H,17,18). The molecule has 0 saturated carbocycles. The van der Waals surface area contributed by atoms with Crippen LogP contribution in [0.5, 0.6) is 0 Å². The Labute approximate surface area is 120 Å². The molecular formula is C12H14F3NO4S. The lowest BCUT2D eigenvalue weighted by Crippen LogP contribution is -2.43. The largest absolute Gasteiger partial charge is 0.478 e. The van der Waals surface area contributed by atoms with E-state index in [0.717, 1.165) is 24.3 Å². The molecule has 0 aliphatic rings. The van der Waals surface area contributed by atoms with Gasteiger partial charge in [-0.25, -0.2) is 13.2 Å². The minimum Gasteiger partial charge on any atom is -0.478 e. The molecule has 1 rings (SSSR count). The smallest absolute Gasteiger partial charge is 0.402 e. The number of rotatable bonds is 5. The summed E-state index contributed by atoms with van der Waals surface area (Å²) in [5, 5.41) is 8.72. The van der Waals surface area contributed by atoms with Crippen LogP contribution in [0, 0.1) is 0 Å². The minimum atomic E-state index is -4.67. The minimum absolute atomic E-state index is 0.152. The summed E-state index contributed by atoms with van der Waals surface area (Å²) in [6.45, 7) is 1.05. The maximum absolute atomic E-state index is 12.5. The molecular weight excluding hydrogens is 311 g/mol. The van der Waals surface area contributed by atoms with Crippen molar-refractivity contribution in [3.05, 3.63) is 29.8 Å².